The summed E-state index contributed by atoms with van der Waals surface area (Å²) in [6, 6.07) is 21.9. The maximum atomic E-state index is 13.1. The van der Waals surface area contributed by atoms with Crippen LogP contribution in [0.3, 0.4) is 0 Å². The molecule has 2 aliphatic rings. The fraction of sp³-hybridized carbons (Fsp3) is 0.357. The fourth-order valence-electron chi connectivity index (χ4n) is 4.73. The Labute approximate surface area is 222 Å². The van der Waals surface area contributed by atoms with Crippen LogP contribution >= 0.6 is 23.4 Å². The van der Waals surface area contributed by atoms with Crippen LogP contribution in [0.4, 0.5) is 0 Å². The van der Waals surface area contributed by atoms with Gasteiger partial charge in [0.1, 0.15) is 6.10 Å². The molecule has 0 bridgehead atoms. The molecule has 5 rings (SSSR count). The van der Waals surface area contributed by atoms with E-state index in [4.69, 9.17) is 16.3 Å². The molecule has 3 aromatic rings. The Kier molecular flexibility index (Phi) is 8.56. The van der Waals surface area contributed by atoms with Gasteiger partial charge in [0, 0.05) is 61.5 Å². The molecule has 188 valence electrons. The van der Waals surface area contributed by atoms with Gasteiger partial charge in [-0.05, 0) is 23.3 Å². The van der Waals surface area contributed by atoms with Crippen LogP contribution in [-0.2, 0) is 9.53 Å². The minimum atomic E-state index is -0.207. The van der Waals surface area contributed by atoms with Gasteiger partial charge in [-0.25, -0.2) is 0 Å². The number of piperazine rings is 1. The number of benzene rings is 2. The number of ether oxygens (including phenoxy) is 1. The number of hydrogen-bond donors (Lipinski definition) is 1. The number of rotatable bonds is 8. The molecule has 0 aliphatic carbocycles. The van der Waals surface area contributed by atoms with Crippen LogP contribution in [-0.4, -0.2) is 71.8 Å². The number of pyridine rings is 1. The Morgan fingerprint density at radius 3 is 2.58 bits per heavy atom. The quantitative estimate of drug-likeness (QED) is 0.473. The Morgan fingerprint density at radius 1 is 1.06 bits per heavy atom. The number of nitrogens with one attached hydrogen (secondary N) is 1. The van der Waals surface area contributed by atoms with Crippen molar-refractivity contribution in [2.75, 3.05) is 45.1 Å². The predicted molar refractivity (Wildman–Crippen MR) is 145 cm³/mol. The number of thioether (sulfide) groups is 1. The lowest BCUT2D eigenvalue weighted by Gasteiger charge is -2.36. The maximum absolute atomic E-state index is 13.1. The van der Waals surface area contributed by atoms with Gasteiger partial charge < -0.3 is 9.64 Å². The summed E-state index contributed by atoms with van der Waals surface area (Å²) in [5.41, 5.74) is 3.19. The van der Waals surface area contributed by atoms with E-state index in [0.29, 0.717) is 11.6 Å². The van der Waals surface area contributed by atoms with E-state index in [9.17, 15) is 4.79 Å². The Hall–Kier alpha value is -2.42. The van der Waals surface area contributed by atoms with Gasteiger partial charge in [-0.2, -0.15) is 0 Å². The van der Waals surface area contributed by atoms with Crippen LogP contribution in [0, 0.1) is 0 Å². The maximum Gasteiger partial charge on any atom is 0.240 e. The lowest BCUT2D eigenvalue weighted by molar-refractivity contribution is -0.134. The van der Waals surface area contributed by atoms with Crippen molar-refractivity contribution in [3.63, 3.8) is 0 Å². The van der Waals surface area contributed by atoms with Gasteiger partial charge in [-0.1, -0.05) is 66.2 Å². The summed E-state index contributed by atoms with van der Waals surface area (Å²) in [5.74, 6) is 0.989. The van der Waals surface area contributed by atoms with Gasteiger partial charge >= 0.3 is 0 Å². The zero-order valence-corrected chi connectivity index (χ0v) is 21.7. The summed E-state index contributed by atoms with van der Waals surface area (Å²) in [4.78, 5) is 21.7. The summed E-state index contributed by atoms with van der Waals surface area (Å²) in [7, 11) is 0. The van der Waals surface area contributed by atoms with E-state index >= 15 is 0 Å². The molecule has 3 unspecified atom stereocenters. The molecule has 2 fully saturated rings. The highest BCUT2D eigenvalue weighted by molar-refractivity contribution is 7.99. The van der Waals surface area contributed by atoms with Gasteiger partial charge in [0.15, 0.2) is 0 Å². The number of carbonyl (C=O) groups is 1. The molecule has 2 aromatic carbocycles. The molecule has 8 heteroatoms. The van der Waals surface area contributed by atoms with Crippen molar-refractivity contribution in [3.05, 3.63) is 101 Å². The van der Waals surface area contributed by atoms with Crippen molar-refractivity contribution in [1.29, 1.82) is 0 Å². The van der Waals surface area contributed by atoms with Crippen molar-refractivity contribution in [2.24, 2.45) is 0 Å². The Balaban J connectivity index is 1.10. The van der Waals surface area contributed by atoms with Crippen LogP contribution in [0.5, 0.6) is 0 Å². The number of carbonyl (C=O) groups excluding carboxylic acids is 1. The average Bonchev–Trinajstić information content (AvgIpc) is 3.43. The second-order valence-corrected chi connectivity index (χ2v) is 10.6. The molecule has 2 aliphatic heterocycles. The number of hydrogen-bond acceptors (Lipinski definition) is 6. The first-order valence-corrected chi connectivity index (χ1v) is 13.8. The lowest BCUT2D eigenvalue weighted by atomic mass is 10.0. The topological polar surface area (TPSA) is 57.7 Å². The second kappa shape index (κ2) is 12.2. The van der Waals surface area contributed by atoms with E-state index in [1.54, 1.807) is 18.0 Å². The van der Waals surface area contributed by atoms with E-state index in [1.807, 2.05) is 59.6 Å². The first-order chi connectivity index (χ1) is 17.7. The molecular weight excluding hydrogens is 492 g/mol. The van der Waals surface area contributed by atoms with Gasteiger partial charge in [0.25, 0.3) is 0 Å². The minimum absolute atomic E-state index is 0.127. The highest BCUT2D eigenvalue weighted by atomic mass is 35.5. The zero-order valence-electron chi connectivity index (χ0n) is 20.1. The third-order valence-corrected chi connectivity index (χ3v) is 8.34. The first-order valence-electron chi connectivity index (χ1n) is 12.4. The summed E-state index contributed by atoms with van der Waals surface area (Å²) < 4.78 is 6.38. The van der Waals surface area contributed by atoms with E-state index in [1.165, 1.54) is 0 Å². The molecule has 2 saturated heterocycles. The molecular formula is C28H31ClN4O2S. The summed E-state index contributed by atoms with van der Waals surface area (Å²) in [5, 5.41) is 4.32. The number of amides is 1. The molecule has 3 heterocycles. The van der Waals surface area contributed by atoms with Gasteiger partial charge in [-0.15, -0.1) is 11.8 Å². The SMILES string of the molecule is O=C(C1CSC(c2cccnc2)N1)N1CCN(CCOC(c2ccccc2)c2ccccc2Cl)CC1. The zero-order chi connectivity index (χ0) is 24.7. The molecule has 6 nitrogen and oxygen atoms in total. The van der Waals surface area contributed by atoms with Crippen LogP contribution in [0.15, 0.2) is 79.1 Å². The predicted octanol–water partition coefficient (Wildman–Crippen LogP) is 4.39. The molecule has 0 radical (unpaired) electrons. The Morgan fingerprint density at radius 2 is 1.83 bits per heavy atom. The van der Waals surface area contributed by atoms with Crippen molar-refractivity contribution in [1.82, 2.24) is 20.1 Å². The largest absolute Gasteiger partial charge is 0.367 e. The van der Waals surface area contributed by atoms with Crippen LogP contribution < -0.4 is 5.32 Å². The van der Waals surface area contributed by atoms with E-state index in [-0.39, 0.29) is 23.4 Å². The molecule has 3 atom stereocenters. The molecule has 0 saturated carbocycles. The molecule has 1 aromatic heterocycles. The number of nitrogens with zero attached hydrogens (tertiary/aromatic N) is 3. The van der Waals surface area contributed by atoms with E-state index in [2.05, 4.69) is 33.4 Å². The second-order valence-electron chi connectivity index (χ2n) is 9.07. The highest BCUT2D eigenvalue weighted by Gasteiger charge is 2.34. The van der Waals surface area contributed by atoms with E-state index in [0.717, 1.165) is 55.2 Å². The van der Waals surface area contributed by atoms with Gasteiger partial charge in [0.05, 0.1) is 18.0 Å². The van der Waals surface area contributed by atoms with Crippen LogP contribution in [0.2, 0.25) is 5.02 Å². The standard InChI is InChI=1S/C28H31ClN4O2S/c29-24-11-5-4-10-23(24)26(21-7-2-1-3-8-21)35-18-17-32-13-15-33(16-14-32)28(34)25-20-36-27(31-25)22-9-6-12-30-19-22/h1-12,19,25-27,31H,13-18,20H2. The van der Waals surface area contributed by atoms with Gasteiger partial charge in [0.2, 0.25) is 5.91 Å². The van der Waals surface area contributed by atoms with Gasteiger partial charge in [-0.3, -0.25) is 20.0 Å². The van der Waals surface area contributed by atoms with Crippen LogP contribution in [0.25, 0.3) is 0 Å². The summed E-state index contributed by atoms with van der Waals surface area (Å²) in [6.45, 7) is 4.59. The normalized spacial score (nSPS) is 21.4. The van der Waals surface area contributed by atoms with E-state index < -0.39 is 0 Å². The smallest absolute Gasteiger partial charge is 0.240 e. The Bertz CT molecular complexity index is 1130. The third-order valence-electron chi connectivity index (χ3n) is 6.73. The minimum Gasteiger partial charge on any atom is -0.367 e. The highest BCUT2D eigenvalue weighted by Crippen LogP contribution is 2.33. The molecule has 1 N–H and O–H groups in total. The first kappa shape index (κ1) is 25.2. The summed E-state index contributed by atoms with van der Waals surface area (Å²) >= 11 is 8.27. The van der Waals surface area contributed by atoms with Crippen molar-refractivity contribution >= 4 is 29.3 Å². The van der Waals surface area contributed by atoms with Crippen LogP contribution in [0.1, 0.15) is 28.2 Å². The van der Waals surface area contributed by atoms with Crippen molar-refractivity contribution < 1.29 is 9.53 Å². The molecule has 0 spiro atoms. The van der Waals surface area contributed by atoms with Crippen molar-refractivity contribution in [3.8, 4) is 0 Å². The fourth-order valence-corrected chi connectivity index (χ4v) is 6.18. The number of halogens is 1. The number of aromatic nitrogens is 1. The lowest BCUT2D eigenvalue weighted by Crippen LogP contribution is -2.54. The third kappa shape index (κ3) is 6.10. The molecule has 1 amide bonds. The summed E-state index contributed by atoms with van der Waals surface area (Å²) in [6.07, 6.45) is 3.43. The monoisotopic (exact) mass is 522 g/mol. The van der Waals surface area contributed by atoms with Crippen molar-refractivity contribution in [2.45, 2.75) is 17.5 Å². The molecule has 36 heavy (non-hydrogen) atoms. The average molecular weight is 523 g/mol.